The van der Waals surface area contributed by atoms with Crippen molar-refractivity contribution < 1.29 is 9.53 Å². The molecule has 1 aromatic rings. The number of carbonyl (C=O) groups excluding carboxylic acids is 1. The van der Waals surface area contributed by atoms with Crippen molar-refractivity contribution >= 4 is 11.9 Å². The molecule has 0 aromatic carbocycles. The number of ether oxygens (including phenoxy) is 1. The van der Waals surface area contributed by atoms with Crippen LogP contribution in [0.5, 0.6) is 5.88 Å². The average molecular weight is 333 g/mol. The van der Waals surface area contributed by atoms with Crippen LogP contribution in [-0.2, 0) is 0 Å². The Morgan fingerprint density at radius 1 is 1.33 bits per heavy atom. The van der Waals surface area contributed by atoms with Gasteiger partial charge in [-0.25, -0.2) is 4.98 Å². The first-order valence-corrected chi connectivity index (χ1v) is 8.89. The number of nitrogens with two attached hydrogens (primary N) is 1. The quantitative estimate of drug-likeness (QED) is 0.850. The molecule has 7 nitrogen and oxygen atoms in total. The molecule has 1 amide bonds. The lowest BCUT2D eigenvalue weighted by atomic mass is 9.94. The lowest BCUT2D eigenvalue weighted by Crippen LogP contribution is -2.45. The maximum absolute atomic E-state index is 12.4. The zero-order valence-corrected chi connectivity index (χ0v) is 14.3. The number of methoxy groups -OCH3 is 1. The van der Waals surface area contributed by atoms with Crippen molar-refractivity contribution in [3.05, 3.63) is 11.8 Å². The Balaban J connectivity index is 1.59. The smallest absolute Gasteiger partial charge is 0.258 e. The van der Waals surface area contributed by atoms with E-state index in [1.807, 2.05) is 0 Å². The highest BCUT2D eigenvalue weighted by Gasteiger charge is 2.31. The van der Waals surface area contributed by atoms with Gasteiger partial charge in [-0.2, -0.15) is 4.98 Å². The van der Waals surface area contributed by atoms with E-state index in [0.717, 1.165) is 13.0 Å². The molecule has 2 fully saturated rings. The summed E-state index contributed by atoms with van der Waals surface area (Å²) in [4.78, 5) is 22.9. The third-order valence-corrected chi connectivity index (χ3v) is 5.18. The van der Waals surface area contributed by atoms with E-state index in [1.165, 1.54) is 51.8 Å². The average Bonchev–Trinajstić information content (AvgIpc) is 3.09. The first-order chi connectivity index (χ1) is 11.7. The summed E-state index contributed by atoms with van der Waals surface area (Å²) in [5.74, 6) is 0.112. The molecule has 3 N–H and O–H groups in total. The fourth-order valence-electron chi connectivity index (χ4n) is 3.97. The summed E-state index contributed by atoms with van der Waals surface area (Å²) in [5.41, 5.74) is 5.86. The molecule has 0 radical (unpaired) electrons. The van der Waals surface area contributed by atoms with Gasteiger partial charge < -0.3 is 15.8 Å². The third kappa shape index (κ3) is 3.77. The van der Waals surface area contributed by atoms with Crippen LogP contribution in [0.15, 0.2) is 6.20 Å². The SMILES string of the molecule is COc1nc(N)ncc1C(=O)NCC1CCCN1C1CCCCC1. The first-order valence-electron chi connectivity index (χ1n) is 8.89. The van der Waals surface area contributed by atoms with Crippen LogP contribution in [0.25, 0.3) is 0 Å². The van der Waals surface area contributed by atoms with Crippen molar-refractivity contribution in [3.63, 3.8) is 0 Å². The Kier molecular flexibility index (Phi) is 5.50. The minimum absolute atomic E-state index is 0.0997. The molecular formula is C17H27N5O2. The second-order valence-electron chi connectivity index (χ2n) is 6.69. The van der Waals surface area contributed by atoms with Crippen molar-refractivity contribution in [2.24, 2.45) is 0 Å². The monoisotopic (exact) mass is 333 g/mol. The lowest BCUT2D eigenvalue weighted by molar-refractivity contribution is 0.0916. The van der Waals surface area contributed by atoms with Crippen LogP contribution in [0.1, 0.15) is 55.3 Å². The summed E-state index contributed by atoms with van der Waals surface area (Å²) in [6.07, 6.45) is 10.4. The van der Waals surface area contributed by atoms with Crippen LogP contribution in [0.3, 0.4) is 0 Å². The van der Waals surface area contributed by atoms with Crippen molar-refractivity contribution in [1.29, 1.82) is 0 Å². The Bertz CT molecular complexity index is 574. The predicted octanol–water partition coefficient (Wildman–Crippen LogP) is 1.59. The van der Waals surface area contributed by atoms with E-state index in [0.29, 0.717) is 24.2 Å². The van der Waals surface area contributed by atoms with Crippen LogP contribution < -0.4 is 15.8 Å². The van der Waals surface area contributed by atoms with E-state index in [-0.39, 0.29) is 17.7 Å². The Morgan fingerprint density at radius 3 is 2.88 bits per heavy atom. The molecular weight excluding hydrogens is 306 g/mol. The van der Waals surface area contributed by atoms with Crippen molar-refractivity contribution in [2.75, 3.05) is 25.9 Å². The molecule has 132 valence electrons. The lowest BCUT2D eigenvalue weighted by Gasteiger charge is -2.35. The zero-order chi connectivity index (χ0) is 16.9. The van der Waals surface area contributed by atoms with Gasteiger partial charge in [-0.05, 0) is 32.2 Å². The van der Waals surface area contributed by atoms with Crippen molar-refractivity contribution in [3.8, 4) is 5.88 Å². The topological polar surface area (TPSA) is 93.4 Å². The fourth-order valence-corrected chi connectivity index (χ4v) is 3.97. The number of nitrogens with zero attached hydrogens (tertiary/aromatic N) is 3. The molecule has 0 bridgehead atoms. The standard InChI is InChI=1S/C17H27N5O2/c1-24-16-14(11-20-17(18)21-16)15(23)19-10-13-8-5-9-22(13)12-6-3-2-4-7-12/h11-13H,2-10H2,1H3,(H,19,23)(H2,18,20,21). The van der Waals surface area contributed by atoms with Crippen LogP contribution in [0.2, 0.25) is 0 Å². The van der Waals surface area contributed by atoms with Gasteiger partial charge in [-0.1, -0.05) is 19.3 Å². The van der Waals surface area contributed by atoms with Crippen LogP contribution in [0, 0.1) is 0 Å². The molecule has 1 unspecified atom stereocenters. The van der Waals surface area contributed by atoms with Crippen LogP contribution in [-0.4, -0.2) is 53.1 Å². The summed E-state index contributed by atoms with van der Waals surface area (Å²) < 4.78 is 5.13. The van der Waals surface area contributed by atoms with Gasteiger partial charge in [0.1, 0.15) is 5.56 Å². The number of anilines is 1. The molecule has 3 rings (SSSR count). The van der Waals surface area contributed by atoms with Crippen LogP contribution in [0.4, 0.5) is 5.95 Å². The summed E-state index contributed by atoms with van der Waals surface area (Å²) in [6.45, 7) is 1.81. The van der Waals surface area contributed by atoms with Gasteiger partial charge in [0.2, 0.25) is 11.8 Å². The van der Waals surface area contributed by atoms with Crippen LogP contribution >= 0.6 is 0 Å². The maximum atomic E-state index is 12.4. The number of carbonyl (C=O) groups is 1. The Hall–Kier alpha value is -1.89. The molecule has 1 aliphatic carbocycles. The minimum Gasteiger partial charge on any atom is -0.480 e. The number of nitrogen functional groups attached to an aromatic ring is 1. The highest BCUT2D eigenvalue weighted by Crippen LogP contribution is 2.29. The van der Waals surface area contributed by atoms with Gasteiger partial charge in [0, 0.05) is 24.8 Å². The first kappa shape index (κ1) is 17.0. The largest absolute Gasteiger partial charge is 0.480 e. The molecule has 24 heavy (non-hydrogen) atoms. The van der Waals surface area contributed by atoms with Gasteiger partial charge in [-0.15, -0.1) is 0 Å². The molecule has 1 saturated heterocycles. The molecule has 1 saturated carbocycles. The molecule has 1 aromatic heterocycles. The molecule has 2 heterocycles. The summed E-state index contributed by atoms with van der Waals surface area (Å²) in [6, 6.07) is 1.12. The second kappa shape index (κ2) is 7.79. The maximum Gasteiger partial charge on any atom is 0.258 e. The highest BCUT2D eigenvalue weighted by molar-refractivity contribution is 5.96. The van der Waals surface area contributed by atoms with Crippen molar-refractivity contribution in [1.82, 2.24) is 20.2 Å². The van der Waals surface area contributed by atoms with E-state index >= 15 is 0 Å². The van der Waals surface area contributed by atoms with E-state index < -0.39 is 0 Å². The van der Waals surface area contributed by atoms with Gasteiger partial charge in [0.25, 0.3) is 5.91 Å². The normalized spacial score (nSPS) is 22.5. The predicted molar refractivity (Wildman–Crippen MR) is 91.9 cm³/mol. The van der Waals surface area contributed by atoms with E-state index in [1.54, 1.807) is 0 Å². The summed E-state index contributed by atoms with van der Waals surface area (Å²) in [7, 11) is 1.47. The minimum atomic E-state index is -0.206. The van der Waals surface area contributed by atoms with Gasteiger partial charge in [0.05, 0.1) is 7.11 Å². The Morgan fingerprint density at radius 2 is 2.12 bits per heavy atom. The summed E-state index contributed by atoms with van der Waals surface area (Å²) >= 11 is 0. The number of nitrogens with one attached hydrogen (secondary N) is 1. The molecule has 2 aliphatic rings. The Labute approximate surface area is 143 Å². The van der Waals surface area contributed by atoms with Gasteiger partial charge in [-0.3, -0.25) is 9.69 Å². The number of aromatic nitrogens is 2. The number of hydrogen-bond donors (Lipinski definition) is 2. The van der Waals surface area contributed by atoms with E-state index in [9.17, 15) is 4.79 Å². The summed E-state index contributed by atoms with van der Waals surface area (Å²) in [5, 5.41) is 3.02. The highest BCUT2D eigenvalue weighted by atomic mass is 16.5. The molecule has 1 aliphatic heterocycles. The molecule has 7 heteroatoms. The molecule has 1 atom stereocenters. The number of rotatable bonds is 5. The molecule has 0 spiro atoms. The number of hydrogen-bond acceptors (Lipinski definition) is 6. The number of amides is 1. The van der Waals surface area contributed by atoms with Gasteiger partial charge >= 0.3 is 0 Å². The van der Waals surface area contributed by atoms with E-state index in [4.69, 9.17) is 10.5 Å². The second-order valence-corrected chi connectivity index (χ2v) is 6.69. The van der Waals surface area contributed by atoms with Crippen molar-refractivity contribution in [2.45, 2.75) is 57.0 Å². The van der Waals surface area contributed by atoms with E-state index in [2.05, 4.69) is 20.2 Å². The zero-order valence-electron chi connectivity index (χ0n) is 14.3. The fraction of sp³-hybridized carbons (Fsp3) is 0.706. The van der Waals surface area contributed by atoms with Gasteiger partial charge in [0.15, 0.2) is 0 Å². The third-order valence-electron chi connectivity index (χ3n) is 5.18. The number of likely N-dealkylation sites (tertiary alicyclic amines) is 1.